The highest BCUT2D eigenvalue weighted by Crippen LogP contribution is 2.42. The molecule has 0 unspecified atom stereocenters. The molecule has 0 saturated carbocycles. The molecular weight excluding hydrogens is 339 g/mol. The molecule has 0 aliphatic carbocycles. The maximum Gasteiger partial charge on any atom is 0.265 e. The van der Waals surface area contributed by atoms with Crippen molar-refractivity contribution in [1.82, 2.24) is 9.88 Å². The highest BCUT2D eigenvalue weighted by atomic mass is 19.1. The number of benzene rings is 2. The van der Waals surface area contributed by atoms with Crippen LogP contribution in [-0.2, 0) is 6.42 Å². The van der Waals surface area contributed by atoms with Crippen LogP contribution < -0.4 is 0 Å². The normalized spacial score (nSPS) is 13.5. The maximum absolute atomic E-state index is 13.0. The zero-order valence-corrected chi connectivity index (χ0v) is 13.4. The van der Waals surface area contributed by atoms with Crippen molar-refractivity contribution in [1.29, 1.82) is 0 Å². The van der Waals surface area contributed by atoms with Crippen molar-refractivity contribution >= 4 is 22.7 Å². The summed E-state index contributed by atoms with van der Waals surface area (Å²) in [7, 11) is 0. The van der Waals surface area contributed by atoms with E-state index in [1.54, 1.807) is 18.2 Å². The molecule has 2 heterocycles. The summed E-state index contributed by atoms with van der Waals surface area (Å²) in [5.74, 6) is -2.53. The van der Waals surface area contributed by atoms with Crippen LogP contribution in [0, 0.1) is 5.82 Å². The number of nitrogens with zero attached hydrogens (tertiary/aromatic N) is 2. The van der Waals surface area contributed by atoms with E-state index in [2.05, 4.69) is 4.98 Å². The average molecular weight is 352 g/mol. The molecule has 26 heavy (non-hydrogen) atoms. The minimum absolute atomic E-state index is 0.0423. The number of aromatic hydroxyl groups is 2. The first-order valence-electron chi connectivity index (χ1n) is 7.92. The van der Waals surface area contributed by atoms with Crippen LogP contribution in [0.4, 0.5) is 4.39 Å². The SMILES string of the molecule is O=C1c2c(c(O)c3ncccc3c2O)C(=O)N1CCc1ccc(F)cc1. The zero-order chi connectivity index (χ0) is 18.4. The van der Waals surface area contributed by atoms with E-state index in [0.29, 0.717) is 6.42 Å². The Hall–Kier alpha value is -3.48. The average Bonchev–Trinajstić information content (AvgIpc) is 2.90. The molecule has 6 nitrogen and oxygen atoms in total. The lowest BCUT2D eigenvalue weighted by Crippen LogP contribution is -2.31. The number of pyridine rings is 1. The number of hydrogen-bond acceptors (Lipinski definition) is 5. The lowest BCUT2D eigenvalue weighted by molar-refractivity contribution is 0.0655. The first-order chi connectivity index (χ1) is 12.5. The van der Waals surface area contributed by atoms with Crippen molar-refractivity contribution in [2.45, 2.75) is 6.42 Å². The molecular formula is C19H13FN2O4. The molecule has 1 aliphatic heterocycles. The number of aromatic nitrogens is 1. The number of amides is 2. The van der Waals surface area contributed by atoms with E-state index in [9.17, 15) is 24.2 Å². The summed E-state index contributed by atoms with van der Waals surface area (Å²) in [5, 5.41) is 21.0. The first-order valence-corrected chi connectivity index (χ1v) is 7.92. The van der Waals surface area contributed by atoms with Crippen LogP contribution in [0.1, 0.15) is 26.3 Å². The second-order valence-corrected chi connectivity index (χ2v) is 5.99. The third-order valence-corrected chi connectivity index (χ3v) is 4.47. The number of halogens is 1. The van der Waals surface area contributed by atoms with Crippen molar-refractivity contribution in [3.8, 4) is 11.5 Å². The molecule has 2 aromatic carbocycles. The highest BCUT2D eigenvalue weighted by molar-refractivity contribution is 6.26. The van der Waals surface area contributed by atoms with Gasteiger partial charge in [-0.2, -0.15) is 0 Å². The van der Waals surface area contributed by atoms with E-state index in [1.165, 1.54) is 24.4 Å². The fourth-order valence-electron chi connectivity index (χ4n) is 3.15. The Balaban J connectivity index is 1.72. The lowest BCUT2D eigenvalue weighted by atomic mass is 10.0. The fourth-order valence-corrected chi connectivity index (χ4v) is 3.15. The molecule has 0 saturated heterocycles. The van der Waals surface area contributed by atoms with Crippen LogP contribution in [0.25, 0.3) is 10.9 Å². The predicted molar refractivity (Wildman–Crippen MR) is 90.5 cm³/mol. The summed E-state index contributed by atoms with van der Waals surface area (Å²) in [5.41, 5.74) is 0.360. The molecule has 7 heteroatoms. The summed E-state index contributed by atoms with van der Waals surface area (Å²) in [6, 6.07) is 8.81. The highest BCUT2D eigenvalue weighted by Gasteiger charge is 2.41. The molecule has 0 bridgehead atoms. The molecule has 0 fully saturated rings. The van der Waals surface area contributed by atoms with Crippen molar-refractivity contribution in [2.24, 2.45) is 0 Å². The maximum atomic E-state index is 13.0. The van der Waals surface area contributed by atoms with Gasteiger partial charge >= 0.3 is 0 Å². The Morgan fingerprint density at radius 2 is 1.62 bits per heavy atom. The topological polar surface area (TPSA) is 90.7 Å². The van der Waals surface area contributed by atoms with Gasteiger partial charge in [0.2, 0.25) is 0 Å². The van der Waals surface area contributed by atoms with Crippen LogP contribution in [-0.4, -0.2) is 38.5 Å². The largest absolute Gasteiger partial charge is 0.506 e. The van der Waals surface area contributed by atoms with E-state index in [1.807, 2.05) is 0 Å². The van der Waals surface area contributed by atoms with E-state index < -0.39 is 17.6 Å². The van der Waals surface area contributed by atoms with E-state index in [4.69, 9.17) is 0 Å². The van der Waals surface area contributed by atoms with Gasteiger partial charge in [0.05, 0.1) is 5.56 Å². The number of fused-ring (bicyclic) bond motifs is 2. The van der Waals surface area contributed by atoms with Crippen LogP contribution in [0.15, 0.2) is 42.6 Å². The fraction of sp³-hybridized carbons (Fsp3) is 0.105. The standard InChI is InChI=1S/C19H13FN2O4/c20-11-5-3-10(4-6-11)7-9-22-18(25)13-14(19(22)26)17(24)15-12(16(13)23)2-1-8-21-15/h1-6,8,23-24H,7,9H2. The second kappa shape index (κ2) is 5.80. The number of hydrogen-bond donors (Lipinski definition) is 2. The molecule has 2 N–H and O–H groups in total. The molecule has 130 valence electrons. The molecule has 0 atom stereocenters. The van der Waals surface area contributed by atoms with Gasteiger partial charge in [-0.05, 0) is 36.2 Å². The molecule has 1 aliphatic rings. The number of rotatable bonds is 3. The minimum Gasteiger partial charge on any atom is -0.506 e. The van der Waals surface area contributed by atoms with Crippen LogP contribution in [0.2, 0.25) is 0 Å². The number of phenols is 2. The molecule has 0 radical (unpaired) electrons. The van der Waals surface area contributed by atoms with Gasteiger partial charge in [-0.15, -0.1) is 0 Å². The van der Waals surface area contributed by atoms with Gasteiger partial charge in [-0.1, -0.05) is 12.1 Å². The van der Waals surface area contributed by atoms with E-state index >= 15 is 0 Å². The number of carbonyl (C=O) groups excluding carboxylic acids is 2. The van der Waals surface area contributed by atoms with Gasteiger partial charge in [-0.25, -0.2) is 4.39 Å². The number of carbonyl (C=O) groups is 2. The lowest BCUT2D eigenvalue weighted by Gasteiger charge is -2.13. The van der Waals surface area contributed by atoms with Gasteiger partial charge < -0.3 is 10.2 Å². The summed E-state index contributed by atoms with van der Waals surface area (Å²) < 4.78 is 13.0. The minimum atomic E-state index is -0.688. The van der Waals surface area contributed by atoms with Crippen molar-refractivity contribution in [3.63, 3.8) is 0 Å². The third-order valence-electron chi connectivity index (χ3n) is 4.47. The first kappa shape index (κ1) is 16.0. The quantitative estimate of drug-likeness (QED) is 0.559. The Kier molecular flexibility index (Phi) is 3.57. The molecule has 4 rings (SSSR count). The molecule has 0 spiro atoms. The monoisotopic (exact) mass is 352 g/mol. The Morgan fingerprint density at radius 1 is 0.962 bits per heavy atom. The van der Waals surface area contributed by atoms with Crippen LogP contribution >= 0.6 is 0 Å². The molecule has 3 aromatic rings. The van der Waals surface area contributed by atoms with Gasteiger partial charge in [0, 0.05) is 18.1 Å². The van der Waals surface area contributed by atoms with Crippen LogP contribution in [0.3, 0.4) is 0 Å². The van der Waals surface area contributed by atoms with Crippen molar-refractivity contribution < 1.29 is 24.2 Å². The van der Waals surface area contributed by atoms with Gasteiger partial charge in [0.25, 0.3) is 11.8 Å². The van der Waals surface area contributed by atoms with Gasteiger partial charge in [0.15, 0.2) is 5.75 Å². The van der Waals surface area contributed by atoms with Gasteiger partial charge in [0.1, 0.15) is 22.6 Å². The summed E-state index contributed by atoms with van der Waals surface area (Å²) in [6.07, 6.45) is 1.74. The molecule has 2 amide bonds. The van der Waals surface area contributed by atoms with Crippen molar-refractivity contribution in [2.75, 3.05) is 6.54 Å². The smallest absolute Gasteiger partial charge is 0.265 e. The Morgan fingerprint density at radius 3 is 2.31 bits per heavy atom. The van der Waals surface area contributed by atoms with Crippen molar-refractivity contribution in [3.05, 3.63) is 65.1 Å². The summed E-state index contributed by atoms with van der Waals surface area (Å²) >= 11 is 0. The number of phenolic OH excluding ortho intramolecular Hbond substituents is 2. The second-order valence-electron chi connectivity index (χ2n) is 5.99. The summed E-state index contributed by atoms with van der Waals surface area (Å²) in [4.78, 5) is 30.2. The molecule has 1 aromatic heterocycles. The zero-order valence-electron chi connectivity index (χ0n) is 13.4. The van der Waals surface area contributed by atoms with Crippen LogP contribution in [0.5, 0.6) is 11.5 Å². The van der Waals surface area contributed by atoms with E-state index in [0.717, 1.165) is 10.5 Å². The summed E-state index contributed by atoms with van der Waals surface area (Å²) in [6.45, 7) is 0.0423. The Bertz CT molecular complexity index is 1000. The predicted octanol–water partition coefficient (Wildman–Crippen LogP) is 2.62. The van der Waals surface area contributed by atoms with Gasteiger partial charge in [-0.3, -0.25) is 19.5 Å². The number of imide groups is 1. The Labute approximate surface area is 147 Å². The van der Waals surface area contributed by atoms with E-state index in [-0.39, 0.29) is 40.1 Å². The third kappa shape index (κ3) is 2.28.